The van der Waals surface area contributed by atoms with Gasteiger partial charge in [0, 0.05) is 0 Å². The summed E-state index contributed by atoms with van der Waals surface area (Å²) in [5.74, 6) is 0. The lowest BCUT2D eigenvalue weighted by Crippen LogP contribution is -2.12. The molecule has 1 nitrogen and oxygen atoms in total. The van der Waals surface area contributed by atoms with Gasteiger partial charge in [0.2, 0.25) is 0 Å². The second kappa shape index (κ2) is 4.53. The quantitative estimate of drug-likeness (QED) is 0.506. The molecular weight excluding hydrogens is 321 g/mol. The first kappa shape index (κ1) is 10.8. The standard InChI is InChI=1S/C15H12IN/c16-17-11-14-7-2-1-5-12(14)9-10-13-6-3-4-8-15(13)17/h1-10H,11H2/b10-9-. The highest BCUT2D eigenvalue weighted by Gasteiger charge is 2.11. The van der Waals surface area contributed by atoms with Gasteiger partial charge in [0.25, 0.3) is 0 Å². The average Bonchev–Trinajstić information content (AvgIpc) is 2.36. The molecule has 0 atom stereocenters. The SMILES string of the molecule is IN1Cc2ccccc2/C=C\c2ccccc21. The van der Waals surface area contributed by atoms with Crippen molar-refractivity contribution in [3.8, 4) is 0 Å². The molecule has 0 spiro atoms. The van der Waals surface area contributed by atoms with Crippen LogP contribution >= 0.6 is 22.9 Å². The molecule has 0 amide bonds. The molecule has 0 radical (unpaired) electrons. The zero-order valence-electron chi connectivity index (χ0n) is 9.31. The van der Waals surface area contributed by atoms with Crippen molar-refractivity contribution in [2.24, 2.45) is 0 Å². The maximum atomic E-state index is 2.39. The topological polar surface area (TPSA) is 3.24 Å². The van der Waals surface area contributed by atoms with Crippen molar-refractivity contribution >= 4 is 40.7 Å². The summed E-state index contributed by atoms with van der Waals surface area (Å²) < 4.78 is 2.27. The van der Waals surface area contributed by atoms with Crippen LogP contribution < -0.4 is 3.11 Å². The Bertz CT molecular complexity index is 575. The van der Waals surface area contributed by atoms with Crippen LogP contribution in [0, 0.1) is 0 Å². The molecule has 0 N–H and O–H groups in total. The van der Waals surface area contributed by atoms with Gasteiger partial charge in [0.15, 0.2) is 0 Å². The number of hydrogen-bond donors (Lipinski definition) is 0. The molecule has 84 valence electrons. The fourth-order valence-corrected chi connectivity index (χ4v) is 2.91. The van der Waals surface area contributed by atoms with Crippen molar-refractivity contribution in [2.75, 3.05) is 3.11 Å². The van der Waals surface area contributed by atoms with Crippen molar-refractivity contribution < 1.29 is 0 Å². The third kappa shape index (κ3) is 2.09. The van der Waals surface area contributed by atoms with E-state index in [2.05, 4.69) is 86.7 Å². The number of anilines is 1. The number of para-hydroxylation sites is 1. The monoisotopic (exact) mass is 333 g/mol. The van der Waals surface area contributed by atoms with Crippen LogP contribution in [0.15, 0.2) is 48.5 Å². The zero-order valence-corrected chi connectivity index (χ0v) is 11.5. The van der Waals surface area contributed by atoms with Crippen LogP contribution in [0.25, 0.3) is 12.2 Å². The second-order valence-electron chi connectivity index (χ2n) is 4.11. The molecule has 17 heavy (non-hydrogen) atoms. The first-order valence-corrected chi connectivity index (χ1v) is 6.59. The molecule has 0 bridgehead atoms. The third-order valence-electron chi connectivity index (χ3n) is 3.00. The summed E-state index contributed by atoms with van der Waals surface area (Å²) in [5, 5.41) is 0. The molecule has 2 aromatic rings. The first-order chi connectivity index (χ1) is 8.34. The molecule has 0 aromatic heterocycles. The van der Waals surface area contributed by atoms with E-state index < -0.39 is 0 Å². The van der Waals surface area contributed by atoms with Crippen LogP contribution in [0.4, 0.5) is 5.69 Å². The predicted octanol–water partition coefficient (Wildman–Crippen LogP) is 4.53. The van der Waals surface area contributed by atoms with Gasteiger partial charge in [-0.2, -0.15) is 0 Å². The first-order valence-electron chi connectivity index (χ1n) is 5.63. The lowest BCUT2D eigenvalue weighted by Gasteiger charge is -2.22. The van der Waals surface area contributed by atoms with Crippen LogP contribution in [-0.4, -0.2) is 0 Å². The minimum atomic E-state index is 0.943. The Hall–Kier alpha value is -1.29. The number of rotatable bonds is 0. The summed E-state index contributed by atoms with van der Waals surface area (Å²) in [6.07, 6.45) is 4.40. The Morgan fingerprint density at radius 2 is 1.47 bits per heavy atom. The van der Waals surface area contributed by atoms with Crippen molar-refractivity contribution in [3.05, 3.63) is 65.2 Å². The van der Waals surface area contributed by atoms with Crippen molar-refractivity contribution in [1.29, 1.82) is 0 Å². The third-order valence-corrected chi connectivity index (χ3v) is 3.87. The summed E-state index contributed by atoms with van der Waals surface area (Å²) in [6.45, 7) is 0.943. The van der Waals surface area contributed by atoms with Crippen LogP contribution in [-0.2, 0) is 6.54 Å². The van der Waals surface area contributed by atoms with E-state index in [-0.39, 0.29) is 0 Å². The van der Waals surface area contributed by atoms with Gasteiger partial charge in [0.1, 0.15) is 0 Å². The van der Waals surface area contributed by atoms with Crippen molar-refractivity contribution in [3.63, 3.8) is 0 Å². The molecule has 1 aliphatic rings. The molecule has 0 saturated heterocycles. The molecule has 2 heteroatoms. The second-order valence-corrected chi connectivity index (χ2v) is 5.28. The molecule has 0 unspecified atom stereocenters. The fourth-order valence-electron chi connectivity index (χ4n) is 2.10. The highest BCUT2D eigenvalue weighted by atomic mass is 127. The number of benzene rings is 2. The van der Waals surface area contributed by atoms with Gasteiger partial charge < -0.3 is 3.11 Å². The van der Waals surface area contributed by atoms with Crippen molar-refractivity contribution in [1.82, 2.24) is 0 Å². The lowest BCUT2D eigenvalue weighted by molar-refractivity contribution is 1.07. The number of halogens is 1. The van der Waals surface area contributed by atoms with Gasteiger partial charge in [0.05, 0.1) is 35.1 Å². The zero-order chi connectivity index (χ0) is 11.7. The molecule has 3 rings (SSSR count). The maximum absolute atomic E-state index is 2.39. The minimum Gasteiger partial charge on any atom is -0.310 e. The Kier molecular flexibility index (Phi) is 2.89. The highest BCUT2D eigenvalue weighted by Crippen LogP contribution is 2.30. The molecule has 0 fully saturated rings. The summed E-state index contributed by atoms with van der Waals surface area (Å²) in [6, 6.07) is 17.1. The normalized spacial score (nSPS) is 15.5. The van der Waals surface area contributed by atoms with Gasteiger partial charge in [-0.05, 0) is 22.8 Å². The maximum Gasteiger partial charge on any atom is 0.0594 e. The molecule has 1 heterocycles. The Labute approximate surface area is 115 Å². The Morgan fingerprint density at radius 1 is 0.824 bits per heavy atom. The number of nitrogens with zero attached hydrogens (tertiary/aromatic N) is 1. The van der Waals surface area contributed by atoms with Gasteiger partial charge in [-0.25, -0.2) is 0 Å². The fraction of sp³-hybridized carbons (Fsp3) is 0.0667. The molecule has 0 saturated carbocycles. The Balaban J connectivity index is 2.16. The average molecular weight is 333 g/mol. The Morgan fingerprint density at radius 3 is 2.35 bits per heavy atom. The highest BCUT2D eigenvalue weighted by molar-refractivity contribution is 14.1. The van der Waals surface area contributed by atoms with Crippen LogP contribution in [0.5, 0.6) is 0 Å². The van der Waals surface area contributed by atoms with Gasteiger partial charge in [-0.1, -0.05) is 54.6 Å². The molecule has 1 aliphatic heterocycles. The molecular formula is C15H12IN. The van der Waals surface area contributed by atoms with E-state index in [1.807, 2.05) is 0 Å². The van der Waals surface area contributed by atoms with E-state index in [1.165, 1.54) is 22.4 Å². The van der Waals surface area contributed by atoms with Crippen LogP contribution in [0.1, 0.15) is 16.7 Å². The van der Waals surface area contributed by atoms with Gasteiger partial charge >= 0.3 is 0 Å². The van der Waals surface area contributed by atoms with E-state index in [1.54, 1.807) is 0 Å². The van der Waals surface area contributed by atoms with E-state index in [4.69, 9.17) is 0 Å². The smallest absolute Gasteiger partial charge is 0.0594 e. The van der Waals surface area contributed by atoms with Crippen LogP contribution in [0.2, 0.25) is 0 Å². The van der Waals surface area contributed by atoms with E-state index in [0.717, 1.165) is 6.54 Å². The number of hydrogen-bond acceptors (Lipinski definition) is 1. The van der Waals surface area contributed by atoms with Gasteiger partial charge in [-0.15, -0.1) is 0 Å². The largest absolute Gasteiger partial charge is 0.310 e. The van der Waals surface area contributed by atoms with E-state index in [0.29, 0.717) is 0 Å². The van der Waals surface area contributed by atoms with Crippen LogP contribution in [0.3, 0.4) is 0 Å². The van der Waals surface area contributed by atoms with Crippen molar-refractivity contribution in [2.45, 2.75) is 6.54 Å². The molecule has 2 aromatic carbocycles. The minimum absolute atomic E-state index is 0.943. The summed E-state index contributed by atoms with van der Waals surface area (Å²) in [4.78, 5) is 0. The number of fused-ring (bicyclic) bond motifs is 2. The summed E-state index contributed by atoms with van der Waals surface area (Å²) >= 11 is 2.39. The van der Waals surface area contributed by atoms with E-state index in [9.17, 15) is 0 Å². The summed E-state index contributed by atoms with van der Waals surface area (Å²) in [7, 11) is 0. The molecule has 0 aliphatic carbocycles. The predicted molar refractivity (Wildman–Crippen MR) is 82.0 cm³/mol. The van der Waals surface area contributed by atoms with Gasteiger partial charge in [-0.3, -0.25) is 0 Å². The lowest BCUT2D eigenvalue weighted by atomic mass is 10.0. The summed E-state index contributed by atoms with van der Waals surface area (Å²) in [5.41, 5.74) is 5.23. The van der Waals surface area contributed by atoms with E-state index >= 15 is 0 Å².